The van der Waals surface area contributed by atoms with E-state index < -0.39 is 122 Å². The number of esters is 8. The van der Waals surface area contributed by atoms with E-state index in [2.05, 4.69) is 0 Å². The maximum atomic E-state index is 12.3. The minimum Gasteiger partial charge on any atom is -0.463 e. The van der Waals surface area contributed by atoms with Crippen molar-refractivity contribution in [2.45, 2.75) is 131 Å². The van der Waals surface area contributed by atoms with Gasteiger partial charge < -0.3 is 56.8 Å². The van der Waals surface area contributed by atoms with Crippen LogP contribution in [0.4, 0.5) is 0 Å². The highest BCUT2D eigenvalue weighted by Gasteiger charge is 2.55. The van der Waals surface area contributed by atoms with E-state index in [4.69, 9.17) is 56.8 Å². The lowest BCUT2D eigenvalue weighted by Crippen LogP contribution is -2.63. The molecule has 0 N–H and O–H groups in total. The van der Waals surface area contributed by atoms with Crippen molar-refractivity contribution < 1.29 is 95.2 Å². The molecule has 0 aromatic heterocycles. The van der Waals surface area contributed by atoms with Gasteiger partial charge in [0.1, 0.15) is 36.9 Å². The molecular weight excluding hydrogens is 824 g/mol. The van der Waals surface area contributed by atoms with E-state index in [1.54, 1.807) is 50.2 Å². The van der Waals surface area contributed by atoms with Crippen LogP contribution in [-0.2, 0) is 85.7 Å². The van der Waals surface area contributed by atoms with Crippen LogP contribution in [0.1, 0.15) is 66.5 Å². The minimum absolute atomic E-state index is 0.259. The Hall–Kier alpha value is -6.28. The summed E-state index contributed by atoms with van der Waals surface area (Å²) in [6.45, 7) is 11.6. The van der Waals surface area contributed by atoms with Gasteiger partial charge in [0.2, 0.25) is 24.8 Å². The maximum Gasteiger partial charge on any atom is 0.303 e. The first kappa shape index (κ1) is 48.4. The van der Waals surface area contributed by atoms with Gasteiger partial charge in [0.15, 0.2) is 24.4 Å². The third-order valence-electron chi connectivity index (χ3n) is 9.07. The molecule has 0 saturated carbocycles. The second-order valence-electron chi connectivity index (χ2n) is 14.3. The lowest BCUT2D eigenvalue weighted by Gasteiger charge is -2.44. The van der Waals surface area contributed by atoms with Crippen molar-refractivity contribution in [3.8, 4) is 22.6 Å². The molecule has 2 aromatic carbocycles. The standard InChI is InChI=1S/C42H50O20/c1-19-15-29(11-13-31(19)59-41-39(57-27(9)49)37(55-25(7)47)35(53-23(5)45)33(61-41)17-51-21(3)43)30-12-14-32(20(2)16-30)60-42-40(58-28(10)50)38(56-26(8)48)36(54-24(6)46)34(62-42)18-52-22(4)44/h11-16,33-42H,17-18H2,1-10H3/t33-,34-,35-,36-,37+,38+,39+,40+,41+,42+/m1/s1. The topological polar surface area (TPSA) is 247 Å². The Morgan fingerprint density at radius 2 is 0.710 bits per heavy atom. The molecule has 0 unspecified atom stereocenters. The fourth-order valence-corrected chi connectivity index (χ4v) is 6.74. The van der Waals surface area contributed by atoms with Crippen molar-refractivity contribution in [1.82, 2.24) is 0 Å². The summed E-state index contributed by atoms with van der Waals surface area (Å²) in [5.41, 5.74) is 2.56. The highest BCUT2D eigenvalue weighted by molar-refractivity contribution is 5.71. The number of aryl methyl sites for hydroxylation is 2. The second-order valence-corrected chi connectivity index (χ2v) is 14.3. The van der Waals surface area contributed by atoms with Crippen molar-refractivity contribution in [2.24, 2.45) is 0 Å². The third kappa shape index (κ3) is 13.4. The lowest BCUT2D eigenvalue weighted by molar-refractivity contribution is -0.288. The molecule has 2 saturated heterocycles. The van der Waals surface area contributed by atoms with Crippen molar-refractivity contribution in [1.29, 1.82) is 0 Å². The predicted octanol–water partition coefficient (Wildman–Crippen LogP) is 2.89. The molecule has 338 valence electrons. The van der Waals surface area contributed by atoms with Gasteiger partial charge in [-0.2, -0.15) is 0 Å². The molecule has 2 aliphatic rings. The zero-order chi connectivity index (χ0) is 46.0. The molecule has 10 atom stereocenters. The Morgan fingerprint density at radius 1 is 0.419 bits per heavy atom. The van der Waals surface area contributed by atoms with Gasteiger partial charge in [0.25, 0.3) is 0 Å². The molecule has 20 heteroatoms. The predicted molar refractivity (Wildman–Crippen MR) is 207 cm³/mol. The fraction of sp³-hybridized carbons (Fsp3) is 0.524. The van der Waals surface area contributed by atoms with Crippen LogP contribution in [-0.4, -0.2) is 122 Å². The number of hydrogen-bond acceptors (Lipinski definition) is 20. The summed E-state index contributed by atoms with van der Waals surface area (Å²) in [6.07, 6.45) is -13.8. The quantitative estimate of drug-likeness (QED) is 0.184. The molecule has 2 aliphatic heterocycles. The number of hydrogen-bond donors (Lipinski definition) is 0. The fourth-order valence-electron chi connectivity index (χ4n) is 6.74. The zero-order valence-electron chi connectivity index (χ0n) is 35.8. The van der Waals surface area contributed by atoms with Gasteiger partial charge in [0.05, 0.1) is 0 Å². The van der Waals surface area contributed by atoms with Crippen LogP contribution in [0.15, 0.2) is 36.4 Å². The molecular formula is C42H50O20. The zero-order valence-corrected chi connectivity index (χ0v) is 35.8. The number of ether oxygens (including phenoxy) is 12. The summed E-state index contributed by atoms with van der Waals surface area (Å²) in [6, 6.07) is 10.3. The summed E-state index contributed by atoms with van der Waals surface area (Å²) in [5.74, 6) is -5.51. The second kappa shape index (κ2) is 21.5. The summed E-state index contributed by atoms with van der Waals surface area (Å²) in [7, 11) is 0. The van der Waals surface area contributed by atoms with Crippen LogP contribution in [0.2, 0.25) is 0 Å². The monoisotopic (exact) mass is 874 g/mol. The Balaban J connectivity index is 1.64. The molecule has 62 heavy (non-hydrogen) atoms. The highest BCUT2D eigenvalue weighted by atomic mass is 16.7. The highest BCUT2D eigenvalue weighted by Crippen LogP contribution is 2.36. The molecule has 2 fully saturated rings. The summed E-state index contributed by atoms with van der Waals surface area (Å²) in [4.78, 5) is 96.7. The van der Waals surface area contributed by atoms with Gasteiger partial charge in [-0.1, -0.05) is 12.1 Å². The molecule has 0 amide bonds. The largest absolute Gasteiger partial charge is 0.463 e. The van der Waals surface area contributed by atoms with E-state index in [1.807, 2.05) is 0 Å². The number of benzene rings is 2. The Labute approximate surface area is 356 Å². The van der Waals surface area contributed by atoms with Crippen LogP contribution < -0.4 is 9.47 Å². The van der Waals surface area contributed by atoms with Gasteiger partial charge in [0, 0.05) is 55.4 Å². The average Bonchev–Trinajstić information content (AvgIpc) is 3.15. The van der Waals surface area contributed by atoms with E-state index in [0.717, 1.165) is 55.4 Å². The van der Waals surface area contributed by atoms with Gasteiger partial charge in [-0.25, -0.2) is 0 Å². The van der Waals surface area contributed by atoms with Crippen molar-refractivity contribution in [3.05, 3.63) is 47.5 Å². The first-order valence-corrected chi connectivity index (χ1v) is 19.3. The van der Waals surface area contributed by atoms with Crippen molar-refractivity contribution in [3.63, 3.8) is 0 Å². The van der Waals surface area contributed by atoms with Crippen LogP contribution in [0.5, 0.6) is 11.5 Å². The molecule has 0 aliphatic carbocycles. The Bertz CT molecular complexity index is 1870. The molecule has 2 heterocycles. The summed E-state index contributed by atoms with van der Waals surface area (Å²) in [5, 5.41) is 0. The van der Waals surface area contributed by atoms with E-state index in [1.165, 1.54) is 0 Å². The van der Waals surface area contributed by atoms with Gasteiger partial charge >= 0.3 is 47.8 Å². The molecule has 0 bridgehead atoms. The first-order chi connectivity index (χ1) is 29.1. The number of rotatable bonds is 15. The van der Waals surface area contributed by atoms with Gasteiger partial charge in [-0.15, -0.1) is 0 Å². The molecule has 4 rings (SSSR count). The Morgan fingerprint density at radius 3 is 0.984 bits per heavy atom. The lowest BCUT2D eigenvalue weighted by atomic mass is 9.97. The van der Waals surface area contributed by atoms with Crippen LogP contribution in [0.25, 0.3) is 11.1 Å². The summed E-state index contributed by atoms with van der Waals surface area (Å²) < 4.78 is 67.8. The van der Waals surface area contributed by atoms with E-state index in [0.29, 0.717) is 22.3 Å². The smallest absolute Gasteiger partial charge is 0.303 e. The van der Waals surface area contributed by atoms with Crippen LogP contribution in [0.3, 0.4) is 0 Å². The van der Waals surface area contributed by atoms with Crippen molar-refractivity contribution >= 4 is 47.8 Å². The van der Waals surface area contributed by atoms with Crippen LogP contribution in [0, 0.1) is 13.8 Å². The van der Waals surface area contributed by atoms with E-state index >= 15 is 0 Å². The maximum absolute atomic E-state index is 12.3. The van der Waals surface area contributed by atoms with E-state index in [9.17, 15) is 38.4 Å². The third-order valence-corrected chi connectivity index (χ3v) is 9.07. The average molecular weight is 875 g/mol. The van der Waals surface area contributed by atoms with Gasteiger partial charge in [-0.05, 0) is 60.4 Å². The normalized spacial score (nSPS) is 25.5. The SMILES string of the molecule is CC(=O)OC[C@H]1O[C@H](Oc2ccc(-c3ccc(O[C@H]4O[C@H](COC(C)=O)[C@@H](OC(C)=O)[C@H](OC(C)=O)[C@@H]4OC(C)=O)c(C)c3)cc2C)[C@@H](OC(C)=O)[C@@H](OC(C)=O)[C@@H]1OC(C)=O. The molecule has 20 nitrogen and oxygen atoms in total. The molecule has 2 aromatic rings. The number of carbonyl (C=O) groups excluding carboxylic acids is 8. The number of carbonyl (C=O) groups is 8. The van der Waals surface area contributed by atoms with Gasteiger partial charge in [-0.3, -0.25) is 38.4 Å². The van der Waals surface area contributed by atoms with Crippen molar-refractivity contribution in [2.75, 3.05) is 13.2 Å². The minimum atomic E-state index is -1.45. The molecule has 0 spiro atoms. The van der Waals surface area contributed by atoms with Crippen LogP contribution >= 0.6 is 0 Å². The Kier molecular flexibility index (Phi) is 16.8. The first-order valence-electron chi connectivity index (χ1n) is 19.3. The summed E-state index contributed by atoms with van der Waals surface area (Å²) >= 11 is 0. The molecule has 0 radical (unpaired) electrons. The van der Waals surface area contributed by atoms with E-state index in [-0.39, 0.29) is 11.5 Å².